The van der Waals surface area contributed by atoms with Gasteiger partial charge in [-0.25, -0.2) is 8.42 Å². The van der Waals surface area contributed by atoms with Gasteiger partial charge in [0.05, 0.1) is 11.1 Å². The lowest BCUT2D eigenvalue weighted by Crippen LogP contribution is -2.09. The quantitative estimate of drug-likeness (QED) is 0.874. The third kappa shape index (κ3) is 4.49. The van der Waals surface area contributed by atoms with E-state index < -0.39 is 10.0 Å². The summed E-state index contributed by atoms with van der Waals surface area (Å²) in [5, 5.41) is 2.22. The Morgan fingerprint density at radius 1 is 1.05 bits per heavy atom. The molecule has 0 bridgehead atoms. The predicted octanol–water partition coefficient (Wildman–Crippen LogP) is 4.71. The van der Waals surface area contributed by atoms with Gasteiger partial charge in [-0.2, -0.15) is 0 Å². The molecule has 0 spiro atoms. The summed E-state index contributed by atoms with van der Waals surface area (Å²) < 4.78 is 26.6. The van der Waals surface area contributed by atoms with E-state index in [1.165, 1.54) is 6.08 Å². The Labute approximate surface area is 134 Å². The van der Waals surface area contributed by atoms with Crippen LogP contribution in [-0.2, 0) is 10.0 Å². The van der Waals surface area contributed by atoms with Crippen LogP contribution in [0, 0.1) is 6.92 Å². The van der Waals surface area contributed by atoms with E-state index in [0.717, 1.165) is 11.0 Å². The Bertz CT molecular complexity index is 769. The Balaban J connectivity index is 2.19. The van der Waals surface area contributed by atoms with E-state index in [2.05, 4.69) is 4.72 Å². The molecule has 21 heavy (non-hydrogen) atoms. The third-order valence-corrected chi connectivity index (χ3v) is 4.49. The molecule has 3 nitrogen and oxygen atoms in total. The van der Waals surface area contributed by atoms with Crippen LogP contribution >= 0.6 is 23.2 Å². The van der Waals surface area contributed by atoms with Gasteiger partial charge in [-0.1, -0.05) is 41.4 Å². The molecule has 0 saturated heterocycles. The average Bonchev–Trinajstić information content (AvgIpc) is 2.43. The first-order valence-electron chi connectivity index (χ1n) is 6.09. The van der Waals surface area contributed by atoms with Gasteiger partial charge >= 0.3 is 0 Å². The molecule has 0 radical (unpaired) electrons. The maximum absolute atomic E-state index is 12.0. The number of hydrogen-bond donors (Lipinski definition) is 1. The largest absolute Gasteiger partial charge is 0.280 e. The molecule has 0 aliphatic rings. The van der Waals surface area contributed by atoms with E-state index in [0.29, 0.717) is 21.3 Å². The lowest BCUT2D eigenvalue weighted by Gasteiger charge is -2.08. The fraction of sp³-hybridized carbons (Fsp3) is 0.0667. The fourth-order valence-electron chi connectivity index (χ4n) is 1.65. The molecule has 2 rings (SSSR count). The smallest absolute Gasteiger partial charge is 0.255 e. The molecule has 0 unspecified atom stereocenters. The van der Waals surface area contributed by atoms with Gasteiger partial charge in [0.25, 0.3) is 10.0 Å². The van der Waals surface area contributed by atoms with Crippen molar-refractivity contribution in [2.75, 3.05) is 4.72 Å². The summed E-state index contributed by atoms with van der Waals surface area (Å²) in [5.41, 5.74) is 1.89. The lowest BCUT2D eigenvalue weighted by atomic mass is 10.2. The second kappa shape index (κ2) is 6.52. The summed E-state index contributed by atoms with van der Waals surface area (Å²) in [6, 6.07) is 11.9. The van der Waals surface area contributed by atoms with Crippen molar-refractivity contribution in [1.29, 1.82) is 0 Å². The molecule has 0 aromatic heterocycles. The van der Waals surface area contributed by atoms with Gasteiger partial charge in [-0.15, -0.1) is 0 Å². The first kappa shape index (κ1) is 15.9. The zero-order valence-corrected chi connectivity index (χ0v) is 13.5. The number of sulfonamides is 1. The number of rotatable bonds is 4. The van der Waals surface area contributed by atoms with Gasteiger partial charge in [0.15, 0.2) is 0 Å². The molecule has 0 aliphatic heterocycles. The van der Waals surface area contributed by atoms with Gasteiger partial charge in [-0.3, -0.25) is 4.72 Å². The van der Waals surface area contributed by atoms with Crippen molar-refractivity contribution >= 4 is 45.0 Å². The van der Waals surface area contributed by atoms with E-state index in [4.69, 9.17) is 23.2 Å². The van der Waals surface area contributed by atoms with Crippen molar-refractivity contribution in [2.45, 2.75) is 6.92 Å². The number of halogens is 2. The topological polar surface area (TPSA) is 46.2 Å². The number of hydrogen-bond acceptors (Lipinski definition) is 2. The van der Waals surface area contributed by atoms with Gasteiger partial charge in [0.2, 0.25) is 0 Å². The van der Waals surface area contributed by atoms with E-state index in [-0.39, 0.29) is 0 Å². The van der Waals surface area contributed by atoms with Crippen LogP contribution in [0.5, 0.6) is 0 Å². The molecule has 110 valence electrons. The summed E-state index contributed by atoms with van der Waals surface area (Å²) >= 11 is 11.7. The van der Waals surface area contributed by atoms with E-state index in [9.17, 15) is 8.42 Å². The Hall–Kier alpha value is -1.49. The Morgan fingerprint density at radius 2 is 1.71 bits per heavy atom. The minimum Gasteiger partial charge on any atom is -0.280 e. The van der Waals surface area contributed by atoms with Crippen molar-refractivity contribution in [3.8, 4) is 0 Å². The highest BCUT2D eigenvalue weighted by Gasteiger charge is 2.09. The molecule has 0 saturated carbocycles. The maximum Gasteiger partial charge on any atom is 0.255 e. The van der Waals surface area contributed by atoms with Gasteiger partial charge < -0.3 is 0 Å². The van der Waals surface area contributed by atoms with Crippen LogP contribution in [0.1, 0.15) is 11.1 Å². The molecule has 2 aromatic rings. The highest BCUT2D eigenvalue weighted by molar-refractivity contribution is 7.95. The van der Waals surface area contributed by atoms with Crippen molar-refractivity contribution in [1.82, 2.24) is 0 Å². The minimum atomic E-state index is -3.60. The molecule has 0 amide bonds. The van der Waals surface area contributed by atoms with E-state index in [1.807, 2.05) is 0 Å². The predicted molar refractivity (Wildman–Crippen MR) is 89.2 cm³/mol. The first-order valence-corrected chi connectivity index (χ1v) is 8.39. The molecule has 0 heterocycles. The number of benzene rings is 2. The zero-order valence-electron chi connectivity index (χ0n) is 11.2. The van der Waals surface area contributed by atoms with Crippen molar-refractivity contribution < 1.29 is 8.42 Å². The molecular formula is C15H13Cl2NO2S. The SMILES string of the molecule is Cc1c(Cl)cccc1NS(=O)(=O)/C=C/c1ccc(Cl)cc1. The number of nitrogens with one attached hydrogen (secondary N) is 1. The highest BCUT2D eigenvalue weighted by atomic mass is 35.5. The second-order valence-electron chi connectivity index (χ2n) is 4.41. The van der Waals surface area contributed by atoms with E-state index in [1.54, 1.807) is 49.4 Å². The van der Waals surface area contributed by atoms with Crippen molar-refractivity contribution in [3.05, 3.63) is 69.0 Å². The summed E-state index contributed by atoms with van der Waals surface area (Å²) in [7, 11) is -3.60. The van der Waals surface area contributed by atoms with E-state index >= 15 is 0 Å². The number of anilines is 1. The van der Waals surface area contributed by atoms with Crippen molar-refractivity contribution in [3.63, 3.8) is 0 Å². The van der Waals surface area contributed by atoms with Crippen LogP contribution in [0.15, 0.2) is 47.9 Å². The first-order chi connectivity index (χ1) is 9.87. The molecule has 2 aromatic carbocycles. The molecule has 1 N–H and O–H groups in total. The highest BCUT2D eigenvalue weighted by Crippen LogP contribution is 2.24. The standard InChI is InChI=1S/C15H13Cl2NO2S/c1-11-14(17)3-2-4-15(11)18-21(19,20)10-9-12-5-7-13(16)8-6-12/h2-10,18H,1H3/b10-9+. The minimum absolute atomic E-state index is 0.461. The molecule has 0 fully saturated rings. The third-order valence-electron chi connectivity index (χ3n) is 2.83. The molecule has 0 aliphatic carbocycles. The van der Waals surface area contributed by atoms with Gasteiger partial charge in [0.1, 0.15) is 0 Å². The second-order valence-corrected chi connectivity index (χ2v) is 6.82. The van der Waals surface area contributed by atoms with Crippen LogP contribution < -0.4 is 4.72 Å². The summed E-state index contributed by atoms with van der Waals surface area (Å²) in [6.07, 6.45) is 1.50. The van der Waals surface area contributed by atoms with Gasteiger partial charge in [0, 0.05) is 10.0 Å². The molecule has 0 atom stereocenters. The van der Waals surface area contributed by atoms with Gasteiger partial charge in [-0.05, 0) is 48.4 Å². The average molecular weight is 342 g/mol. The summed E-state index contributed by atoms with van der Waals surface area (Å²) in [6.45, 7) is 1.75. The fourth-order valence-corrected chi connectivity index (χ4v) is 2.88. The zero-order chi connectivity index (χ0) is 15.5. The summed E-state index contributed by atoms with van der Waals surface area (Å²) in [5.74, 6) is 0. The monoisotopic (exact) mass is 341 g/mol. The van der Waals surface area contributed by atoms with Crippen LogP contribution in [0.3, 0.4) is 0 Å². The van der Waals surface area contributed by atoms with Crippen LogP contribution in [-0.4, -0.2) is 8.42 Å². The van der Waals surface area contributed by atoms with Crippen molar-refractivity contribution in [2.24, 2.45) is 0 Å². The molecule has 6 heteroatoms. The van der Waals surface area contributed by atoms with Crippen LogP contribution in [0.4, 0.5) is 5.69 Å². The van der Waals surface area contributed by atoms with Crippen LogP contribution in [0.2, 0.25) is 10.0 Å². The Morgan fingerprint density at radius 3 is 2.38 bits per heavy atom. The molecular weight excluding hydrogens is 329 g/mol. The normalized spacial score (nSPS) is 11.8. The Kier molecular flexibility index (Phi) is 4.93. The lowest BCUT2D eigenvalue weighted by molar-refractivity contribution is 0.609. The van der Waals surface area contributed by atoms with Crippen LogP contribution in [0.25, 0.3) is 6.08 Å². The maximum atomic E-state index is 12.0. The summed E-state index contributed by atoms with van der Waals surface area (Å²) in [4.78, 5) is 0.